The first-order valence-electron chi connectivity index (χ1n) is 15.8. The highest BCUT2D eigenvalue weighted by atomic mass is 32.1. The normalized spacial score (nSPS) is 18.9. The zero-order chi connectivity index (χ0) is 30.2. The Bertz CT molecular complexity index is 2400. The number of hydrogen-bond acceptors (Lipinski definition) is 3. The molecule has 46 heavy (non-hydrogen) atoms. The van der Waals surface area contributed by atoms with E-state index in [2.05, 4.69) is 151 Å². The van der Waals surface area contributed by atoms with Gasteiger partial charge in [-0.3, -0.25) is 5.32 Å². The van der Waals surface area contributed by atoms with Crippen LogP contribution in [0.1, 0.15) is 44.4 Å². The molecular formula is C42H28N3S+. The Balaban J connectivity index is 1.22. The predicted octanol–water partition coefficient (Wildman–Crippen LogP) is 8.71. The summed E-state index contributed by atoms with van der Waals surface area (Å²) in [5.74, 6) is 1.72. The van der Waals surface area contributed by atoms with Crippen LogP contribution in [0.5, 0.6) is 0 Å². The van der Waals surface area contributed by atoms with Crippen LogP contribution in [-0.4, -0.2) is 11.7 Å². The summed E-state index contributed by atoms with van der Waals surface area (Å²) >= 11 is 1.95. The molecule has 216 valence electrons. The lowest BCUT2D eigenvalue weighted by atomic mass is 9.73. The molecule has 1 aliphatic heterocycles. The van der Waals surface area contributed by atoms with Crippen molar-refractivity contribution in [1.29, 1.82) is 0 Å². The Hall–Kier alpha value is -5.42. The fourth-order valence-corrected chi connectivity index (χ4v) is 9.36. The maximum Gasteiger partial charge on any atom is 0.235 e. The van der Waals surface area contributed by atoms with E-state index in [0.29, 0.717) is 0 Å². The molecule has 0 radical (unpaired) electrons. The minimum Gasteiger partial charge on any atom is -0.272 e. The lowest BCUT2D eigenvalue weighted by molar-refractivity contribution is -0.586. The van der Waals surface area contributed by atoms with Crippen molar-refractivity contribution in [1.82, 2.24) is 0 Å². The lowest BCUT2D eigenvalue weighted by Gasteiger charge is -2.30. The predicted molar refractivity (Wildman–Crippen MR) is 189 cm³/mol. The van der Waals surface area contributed by atoms with Gasteiger partial charge in [0.1, 0.15) is 0 Å². The molecule has 2 aliphatic carbocycles. The van der Waals surface area contributed by atoms with Crippen LogP contribution in [0.3, 0.4) is 0 Å². The molecule has 10 rings (SSSR count). The molecule has 1 spiro atoms. The molecule has 0 fully saturated rings. The van der Waals surface area contributed by atoms with Crippen LogP contribution in [0.2, 0.25) is 0 Å². The molecule has 6 aromatic carbocycles. The third kappa shape index (κ3) is 3.51. The van der Waals surface area contributed by atoms with Crippen molar-refractivity contribution in [2.45, 2.75) is 11.6 Å². The Kier molecular flexibility index (Phi) is 5.50. The van der Waals surface area contributed by atoms with Crippen LogP contribution in [0.15, 0.2) is 162 Å². The molecule has 2 atom stereocenters. The van der Waals surface area contributed by atoms with E-state index in [-0.39, 0.29) is 11.6 Å². The highest BCUT2D eigenvalue weighted by Gasteiger charge is 2.53. The first-order valence-corrected chi connectivity index (χ1v) is 16.6. The molecule has 4 heteroatoms. The summed E-state index contributed by atoms with van der Waals surface area (Å²) in [6, 6.07) is 54.9. The third-order valence-corrected chi connectivity index (χ3v) is 11.1. The monoisotopic (exact) mass is 606 g/mol. The van der Waals surface area contributed by atoms with Crippen LogP contribution < -0.4 is 5.32 Å². The van der Waals surface area contributed by atoms with Crippen molar-refractivity contribution in [3.63, 3.8) is 0 Å². The highest BCUT2D eigenvalue weighted by Crippen LogP contribution is 2.66. The number of quaternary nitrogens is 1. The average Bonchev–Trinajstić information content (AvgIpc) is 3.76. The van der Waals surface area contributed by atoms with Crippen LogP contribution in [-0.2, 0) is 5.41 Å². The van der Waals surface area contributed by atoms with E-state index in [4.69, 9.17) is 9.98 Å². The third-order valence-electron chi connectivity index (χ3n) is 9.85. The van der Waals surface area contributed by atoms with E-state index in [1.54, 1.807) is 0 Å². The molecule has 0 saturated heterocycles. The number of amidine groups is 2. The van der Waals surface area contributed by atoms with Gasteiger partial charge in [-0.15, -0.1) is 11.3 Å². The SMILES string of the molecule is c1ccc(C2=NC(c3ccc4c(c3)C3(c5ccccc5-4)c4ccccc4-c4c3sc3ccccc43)[NH2+]C(c3ccccc3)=N2)cc1. The maximum atomic E-state index is 5.29. The van der Waals surface area contributed by atoms with Gasteiger partial charge in [-0.25, -0.2) is 4.99 Å². The van der Waals surface area contributed by atoms with Crippen molar-refractivity contribution in [3.8, 4) is 22.3 Å². The number of aliphatic imine (C=N–C) groups is 2. The molecule has 2 heterocycles. The minimum absolute atomic E-state index is 0.174. The average molecular weight is 607 g/mol. The molecule has 3 aliphatic rings. The molecule has 3 nitrogen and oxygen atoms in total. The number of hydrogen-bond donors (Lipinski definition) is 1. The summed E-state index contributed by atoms with van der Waals surface area (Å²) in [6.45, 7) is 0. The van der Waals surface area contributed by atoms with E-state index in [9.17, 15) is 0 Å². The topological polar surface area (TPSA) is 41.3 Å². The summed E-state index contributed by atoms with van der Waals surface area (Å²) in [7, 11) is 0. The van der Waals surface area contributed by atoms with E-state index >= 15 is 0 Å². The second-order valence-electron chi connectivity index (χ2n) is 12.2. The van der Waals surface area contributed by atoms with E-state index in [0.717, 1.165) is 22.8 Å². The molecule has 2 unspecified atom stereocenters. The zero-order valence-corrected chi connectivity index (χ0v) is 25.7. The van der Waals surface area contributed by atoms with Gasteiger partial charge in [0.15, 0.2) is 5.84 Å². The van der Waals surface area contributed by atoms with Crippen LogP contribution >= 0.6 is 11.3 Å². The van der Waals surface area contributed by atoms with E-state index in [1.807, 2.05) is 17.4 Å². The summed E-state index contributed by atoms with van der Waals surface area (Å²) < 4.78 is 1.34. The number of rotatable bonds is 3. The molecule has 7 aromatic rings. The molecular weight excluding hydrogens is 579 g/mol. The second kappa shape index (κ2) is 9.79. The van der Waals surface area contributed by atoms with E-state index < -0.39 is 0 Å². The Labute approximate surface area is 271 Å². The number of nitrogens with zero attached hydrogens (tertiary/aromatic N) is 2. The smallest absolute Gasteiger partial charge is 0.235 e. The second-order valence-corrected chi connectivity index (χ2v) is 13.3. The zero-order valence-electron chi connectivity index (χ0n) is 24.9. The molecule has 0 saturated carbocycles. The van der Waals surface area contributed by atoms with Crippen molar-refractivity contribution < 1.29 is 5.32 Å². The summed E-state index contributed by atoms with van der Waals surface area (Å²) in [5, 5.41) is 3.57. The van der Waals surface area contributed by atoms with Crippen LogP contribution in [0, 0.1) is 0 Å². The van der Waals surface area contributed by atoms with Gasteiger partial charge in [0.25, 0.3) is 0 Å². The van der Waals surface area contributed by atoms with Crippen LogP contribution in [0.4, 0.5) is 0 Å². The number of fused-ring (bicyclic) bond motifs is 12. The highest BCUT2D eigenvalue weighted by molar-refractivity contribution is 7.20. The molecule has 1 aromatic heterocycles. The Morgan fingerprint density at radius 3 is 2.00 bits per heavy atom. The van der Waals surface area contributed by atoms with Gasteiger partial charge in [-0.2, -0.15) is 4.99 Å². The summed E-state index contributed by atoms with van der Waals surface area (Å²) in [4.78, 5) is 11.8. The van der Waals surface area contributed by atoms with Gasteiger partial charge in [0.2, 0.25) is 12.0 Å². The van der Waals surface area contributed by atoms with Gasteiger partial charge in [0, 0.05) is 31.7 Å². The summed E-state index contributed by atoms with van der Waals surface area (Å²) in [5.41, 5.74) is 12.4. The van der Waals surface area contributed by atoms with Gasteiger partial charge in [0.05, 0.1) is 11.0 Å². The number of nitrogens with two attached hydrogens (primary N) is 1. The van der Waals surface area contributed by atoms with Crippen LogP contribution in [0.25, 0.3) is 32.3 Å². The number of benzene rings is 6. The van der Waals surface area contributed by atoms with E-state index in [1.165, 1.54) is 59.5 Å². The van der Waals surface area contributed by atoms with Gasteiger partial charge in [-0.05, 0) is 57.6 Å². The maximum absolute atomic E-state index is 5.29. The standard InChI is InChI=1S/C42H27N3S/c1-3-13-26(14-4-1)39-43-40(27-15-5-2-6-16-27)45-41(44-39)28-23-24-30-29-17-7-10-20-33(29)42(35(30)25-28)34-21-11-8-18-31(34)37-32-19-9-12-22-36(32)46-38(37)42/h1-25,41H,(H,43,44,45)/p+1. The fraction of sp³-hybridized carbons (Fsp3) is 0.0476. The van der Waals surface area contributed by atoms with Crippen molar-refractivity contribution >= 4 is 33.1 Å². The molecule has 2 N–H and O–H groups in total. The lowest BCUT2D eigenvalue weighted by Crippen LogP contribution is -2.90. The quantitative estimate of drug-likeness (QED) is 0.209. The fourth-order valence-electron chi connectivity index (χ4n) is 7.91. The van der Waals surface area contributed by atoms with Gasteiger partial charge < -0.3 is 0 Å². The number of thiophene rings is 1. The van der Waals surface area contributed by atoms with Crippen molar-refractivity contribution in [2.24, 2.45) is 9.98 Å². The van der Waals surface area contributed by atoms with Crippen molar-refractivity contribution in [3.05, 3.63) is 190 Å². The van der Waals surface area contributed by atoms with Crippen molar-refractivity contribution in [2.75, 3.05) is 0 Å². The molecule has 0 bridgehead atoms. The minimum atomic E-state index is -0.380. The summed E-state index contributed by atoms with van der Waals surface area (Å²) in [6.07, 6.45) is -0.174. The largest absolute Gasteiger partial charge is 0.272 e. The van der Waals surface area contributed by atoms with Gasteiger partial charge in [-0.1, -0.05) is 127 Å². The first-order chi connectivity index (χ1) is 22.8. The van der Waals surface area contributed by atoms with Gasteiger partial charge >= 0.3 is 0 Å². The first kappa shape index (κ1) is 25.9. The Morgan fingerprint density at radius 2 is 1.20 bits per heavy atom. The Morgan fingerprint density at radius 1 is 0.565 bits per heavy atom. The molecule has 0 amide bonds.